The molecule has 4 rings (SSSR count). The van der Waals surface area contributed by atoms with Crippen molar-refractivity contribution in [3.63, 3.8) is 0 Å². The van der Waals surface area contributed by atoms with Crippen molar-refractivity contribution in [3.05, 3.63) is 12.2 Å². The third kappa shape index (κ3) is 16.2. The molecule has 8 atom stereocenters. The molecule has 0 amide bonds. The second-order valence-electron chi connectivity index (χ2n) is 27.3. The second-order valence-corrected chi connectivity index (χ2v) is 27.3. The van der Waals surface area contributed by atoms with Gasteiger partial charge in [-0.3, -0.25) is 0 Å². The van der Waals surface area contributed by atoms with Crippen molar-refractivity contribution < 1.29 is 23.3 Å². The van der Waals surface area contributed by atoms with E-state index in [1.54, 1.807) is 0 Å². The minimum atomic E-state index is -1.95. The van der Waals surface area contributed by atoms with Crippen LogP contribution in [0.1, 0.15) is 213 Å². The summed E-state index contributed by atoms with van der Waals surface area (Å²) in [4.78, 5) is 0. The zero-order valence-corrected chi connectivity index (χ0v) is 42.6. The highest BCUT2D eigenvalue weighted by Gasteiger charge is 2.54. The molecule has 0 aromatic rings. The van der Waals surface area contributed by atoms with Gasteiger partial charge in [-0.25, -0.2) is 0 Å². The van der Waals surface area contributed by atoms with Gasteiger partial charge in [0.05, 0.1) is 24.4 Å². The molecule has 1 saturated carbocycles. The number of hydrogen-bond donors (Lipinski definition) is 0. The first-order chi connectivity index (χ1) is 24.3. The lowest BCUT2D eigenvalue weighted by atomic mass is 9.66. The standard InChI is InChI=1S/C13H26O2.C13H26.C13H24.C12H23FO2/c1-11(2,3)9-10(12(4,5)6)15-13(7,8)14-9;2*1-12(2,3)10-8-7-9-11(10)13(4,5)6;1-10(2,3)8-9(11(4,5)6)15-12(7,13)14-8/h9-10H,1-8H3;10-11H,7-9H2,1-6H3;7-8,10-11H,9H2,1-6H3;8-9H,1-7H3. The van der Waals surface area contributed by atoms with Crippen LogP contribution in [0.25, 0.3) is 0 Å². The lowest BCUT2D eigenvalue weighted by Gasteiger charge is -2.39. The van der Waals surface area contributed by atoms with Crippen LogP contribution in [0.15, 0.2) is 12.2 Å². The molecule has 2 saturated heterocycles. The predicted molar refractivity (Wildman–Crippen MR) is 240 cm³/mol. The summed E-state index contributed by atoms with van der Waals surface area (Å²) < 4.78 is 36.5. The van der Waals surface area contributed by atoms with Crippen molar-refractivity contribution in [2.45, 2.75) is 249 Å². The van der Waals surface area contributed by atoms with Crippen molar-refractivity contribution in [2.24, 2.45) is 67.0 Å². The summed E-state index contributed by atoms with van der Waals surface area (Å²) in [6.07, 6.45) is 10.3. The molecular formula is C51H99FO4. The maximum Gasteiger partial charge on any atom is 0.318 e. The maximum atomic E-state index is 13.7. The molecule has 334 valence electrons. The van der Waals surface area contributed by atoms with Gasteiger partial charge < -0.3 is 18.9 Å². The normalized spacial score (nSPS) is 32.9. The fourth-order valence-corrected chi connectivity index (χ4v) is 9.36. The van der Waals surface area contributed by atoms with E-state index in [1.807, 2.05) is 55.4 Å². The highest BCUT2D eigenvalue weighted by molar-refractivity contribution is 5.08. The van der Waals surface area contributed by atoms with Crippen molar-refractivity contribution in [2.75, 3.05) is 0 Å². The number of halogens is 1. The summed E-state index contributed by atoms with van der Waals surface area (Å²) in [6.45, 7) is 59.4. The third-order valence-electron chi connectivity index (χ3n) is 12.5. The first-order valence-corrected chi connectivity index (χ1v) is 22.4. The van der Waals surface area contributed by atoms with E-state index >= 15 is 0 Å². The zero-order valence-electron chi connectivity index (χ0n) is 42.6. The number of ether oxygens (including phenoxy) is 4. The van der Waals surface area contributed by atoms with Crippen LogP contribution in [0.5, 0.6) is 0 Å². The van der Waals surface area contributed by atoms with Crippen LogP contribution >= 0.6 is 0 Å². The Balaban J connectivity index is 0.000000374. The van der Waals surface area contributed by atoms with Gasteiger partial charge in [-0.15, -0.1) is 0 Å². The molecule has 8 unspecified atom stereocenters. The van der Waals surface area contributed by atoms with Gasteiger partial charge in [-0.2, -0.15) is 4.39 Å². The molecule has 3 fully saturated rings. The molecular weight excluding hydrogens is 696 g/mol. The van der Waals surface area contributed by atoms with Crippen molar-refractivity contribution in [1.82, 2.24) is 0 Å². The van der Waals surface area contributed by atoms with E-state index in [1.165, 1.54) is 32.6 Å². The Bertz CT molecular complexity index is 1080. The molecule has 56 heavy (non-hydrogen) atoms. The van der Waals surface area contributed by atoms with Crippen molar-refractivity contribution in [3.8, 4) is 0 Å². The van der Waals surface area contributed by atoms with Crippen LogP contribution in [0.3, 0.4) is 0 Å². The summed E-state index contributed by atoms with van der Waals surface area (Å²) in [6, 6.07) is -1.95. The van der Waals surface area contributed by atoms with Gasteiger partial charge in [-0.05, 0) is 100 Å². The minimum absolute atomic E-state index is 0.117. The van der Waals surface area contributed by atoms with Crippen LogP contribution < -0.4 is 0 Å². The van der Waals surface area contributed by atoms with Gasteiger partial charge in [0.1, 0.15) is 0 Å². The Morgan fingerprint density at radius 1 is 0.411 bits per heavy atom. The van der Waals surface area contributed by atoms with Gasteiger partial charge in [0, 0.05) is 6.92 Å². The zero-order chi connectivity index (χ0) is 44.7. The van der Waals surface area contributed by atoms with Gasteiger partial charge >= 0.3 is 6.04 Å². The summed E-state index contributed by atoms with van der Waals surface area (Å²) in [5, 5.41) is 0. The molecule has 0 radical (unpaired) electrons. The van der Waals surface area contributed by atoms with Gasteiger partial charge in [0.15, 0.2) is 5.79 Å². The fourth-order valence-electron chi connectivity index (χ4n) is 9.36. The van der Waals surface area contributed by atoms with Crippen LogP contribution in [0.4, 0.5) is 4.39 Å². The van der Waals surface area contributed by atoms with E-state index in [0.29, 0.717) is 21.7 Å². The van der Waals surface area contributed by atoms with Crippen LogP contribution in [-0.4, -0.2) is 36.2 Å². The van der Waals surface area contributed by atoms with Gasteiger partial charge in [-0.1, -0.05) is 185 Å². The molecule has 2 heterocycles. The van der Waals surface area contributed by atoms with Crippen LogP contribution in [-0.2, 0) is 18.9 Å². The first kappa shape index (κ1) is 53.5. The Kier molecular flexibility index (Phi) is 17.1. The number of allylic oxidation sites excluding steroid dienone is 2. The van der Waals surface area contributed by atoms with Crippen LogP contribution in [0, 0.1) is 67.0 Å². The van der Waals surface area contributed by atoms with E-state index in [2.05, 4.69) is 137 Å². The Morgan fingerprint density at radius 3 is 0.929 bits per heavy atom. The predicted octanol–water partition coefficient (Wildman–Crippen LogP) is 15.9. The third-order valence-corrected chi connectivity index (χ3v) is 12.5. The lowest BCUT2D eigenvalue weighted by molar-refractivity contribution is -0.261. The lowest BCUT2D eigenvalue weighted by Crippen LogP contribution is -2.42. The topological polar surface area (TPSA) is 36.9 Å². The molecule has 4 nitrogen and oxygen atoms in total. The molecule has 0 aromatic carbocycles. The smallest absolute Gasteiger partial charge is 0.318 e. The first-order valence-electron chi connectivity index (χ1n) is 22.4. The molecule has 0 bridgehead atoms. The average molecular weight is 795 g/mol. The average Bonchev–Trinajstić information content (AvgIpc) is 3.70. The molecule has 0 spiro atoms. The molecule has 2 aliphatic heterocycles. The number of alkyl halides is 1. The van der Waals surface area contributed by atoms with Crippen molar-refractivity contribution in [1.29, 1.82) is 0 Å². The highest BCUT2D eigenvalue weighted by atomic mass is 19.2. The summed E-state index contributed by atoms with van der Waals surface area (Å²) in [5.74, 6) is 3.01. The van der Waals surface area contributed by atoms with Crippen LogP contribution in [0.2, 0.25) is 0 Å². The van der Waals surface area contributed by atoms with E-state index < -0.39 is 11.8 Å². The van der Waals surface area contributed by atoms with E-state index in [0.717, 1.165) is 23.7 Å². The van der Waals surface area contributed by atoms with E-state index in [4.69, 9.17) is 18.9 Å². The quantitative estimate of drug-likeness (QED) is 0.229. The molecule has 5 heteroatoms. The van der Waals surface area contributed by atoms with E-state index in [-0.39, 0.29) is 46.1 Å². The van der Waals surface area contributed by atoms with Gasteiger partial charge in [0.2, 0.25) is 0 Å². The monoisotopic (exact) mass is 795 g/mol. The van der Waals surface area contributed by atoms with Gasteiger partial charge in [0.25, 0.3) is 0 Å². The SMILES string of the molecule is CC(C)(C)C1C=CCC1C(C)(C)C.CC(C)(C)C1CCCC1C(C)(C)C.CC1(C)OC(C(C)(C)C)C(C(C)(C)C)O1.CC1(F)OC(C(C)(C)C)C(C(C)(C)C)O1. The number of hydrogen-bond acceptors (Lipinski definition) is 4. The summed E-state index contributed by atoms with van der Waals surface area (Å²) >= 11 is 0. The highest BCUT2D eigenvalue weighted by Crippen LogP contribution is 2.51. The minimum Gasteiger partial charge on any atom is -0.344 e. The Hall–Kier alpha value is -0.490. The largest absolute Gasteiger partial charge is 0.344 e. The summed E-state index contributed by atoms with van der Waals surface area (Å²) in [7, 11) is 0. The van der Waals surface area contributed by atoms with E-state index in [9.17, 15) is 4.39 Å². The number of rotatable bonds is 0. The fraction of sp³-hybridized carbons (Fsp3) is 0.961. The summed E-state index contributed by atoms with van der Waals surface area (Å²) in [5.41, 5.74) is 1.87. The molecule has 0 aromatic heterocycles. The molecule has 0 N–H and O–H groups in total. The molecule has 2 aliphatic carbocycles. The Labute approximate surface area is 350 Å². The maximum absolute atomic E-state index is 13.7. The second kappa shape index (κ2) is 17.8. The Morgan fingerprint density at radius 2 is 0.696 bits per heavy atom. The molecule has 4 aliphatic rings. The van der Waals surface area contributed by atoms with Crippen molar-refractivity contribution >= 4 is 0 Å².